The van der Waals surface area contributed by atoms with Crippen LogP contribution in [0.1, 0.15) is 5.56 Å². The number of amides is 2. The summed E-state index contributed by atoms with van der Waals surface area (Å²) in [5, 5.41) is 5.78. The van der Waals surface area contributed by atoms with Crippen molar-refractivity contribution >= 4 is 29.1 Å². The van der Waals surface area contributed by atoms with Crippen molar-refractivity contribution in [1.29, 1.82) is 0 Å². The monoisotopic (exact) mass is 332 g/mol. The molecule has 2 aromatic rings. The molecule has 0 aromatic heterocycles. The Morgan fingerprint density at radius 1 is 1.00 bits per heavy atom. The Morgan fingerprint density at radius 3 is 2.30 bits per heavy atom. The molecule has 6 heteroatoms. The van der Waals surface area contributed by atoms with Gasteiger partial charge in [0.1, 0.15) is 5.75 Å². The van der Waals surface area contributed by atoms with Crippen molar-refractivity contribution in [1.82, 2.24) is 5.32 Å². The molecular formula is C17H17ClN2O3. The van der Waals surface area contributed by atoms with Gasteiger partial charge in [0.2, 0.25) is 5.91 Å². The van der Waals surface area contributed by atoms with Crippen LogP contribution in [-0.2, 0) is 9.59 Å². The van der Waals surface area contributed by atoms with Gasteiger partial charge in [-0.3, -0.25) is 9.59 Å². The summed E-state index contributed by atoms with van der Waals surface area (Å²) in [5.41, 5.74) is 1.79. The number of rotatable bonds is 6. The first-order valence-electron chi connectivity index (χ1n) is 7.04. The van der Waals surface area contributed by atoms with Crippen LogP contribution in [0.5, 0.6) is 5.75 Å². The summed E-state index contributed by atoms with van der Waals surface area (Å²) in [6.07, 6.45) is 0. The Labute approximate surface area is 139 Å². The molecule has 5 nitrogen and oxygen atoms in total. The molecule has 0 aliphatic rings. The first-order chi connectivity index (χ1) is 11.0. The fourth-order valence-corrected chi connectivity index (χ4v) is 1.88. The van der Waals surface area contributed by atoms with E-state index in [1.54, 1.807) is 36.4 Å². The quantitative estimate of drug-likeness (QED) is 0.854. The van der Waals surface area contributed by atoms with E-state index >= 15 is 0 Å². The topological polar surface area (TPSA) is 67.4 Å². The van der Waals surface area contributed by atoms with E-state index in [-0.39, 0.29) is 25.0 Å². The van der Waals surface area contributed by atoms with Crippen molar-refractivity contribution in [3.05, 3.63) is 59.1 Å². The Balaban J connectivity index is 1.70. The number of hydrogen-bond donors (Lipinski definition) is 2. The largest absolute Gasteiger partial charge is 0.484 e. The third kappa shape index (κ3) is 6.00. The van der Waals surface area contributed by atoms with E-state index in [4.69, 9.17) is 16.3 Å². The van der Waals surface area contributed by atoms with Gasteiger partial charge >= 0.3 is 0 Å². The van der Waals surface area contributed by atoms with Gasteiger partial charge in [0.15, 0.2) is 6.61 Å². The molecule has 2 amide bonds. The predicted octanol–water partition coefficient (Wildman–Crippen LogP) is 2.78. The van der Waals surface area contributed by atoms with Crippen LogP contribution in [0.2, 0.25) is 5.02 Å². The van der Waals surface area contributed by atoms with Crippen LogP contribution in [0.4, 0.5) is 5.69 Å². The average Bonchev–Trinajstić information content (AvgIpc) is 2.54. The lowest BCUT2D eigenvalue weighted by atomic mass is 10.2. The van der Waals surface area contributed by atoms with Gasteiger partial charge in [-0.1, -0.05) is 29.3 Å². The van der Waals surface area contributed by atoms with E-state index in [2.05, 4.69) is 10.6 Å². The highest BCUT2D eigenvalue weighted by Crippen LogP contribution is 2.15. The number of benzene rings is 2. The molecule has 0 heterocycles. The molecule has 0 atom stereocenters. The highest BCUT2D eigenvalue weighted by atomic mass is 35.5. The number of halogens is 1. The van der Waals surface area contributed by atoms with Crippen LogP contribution in [0.25, 0.3) is 0 Å². The lowest BCUT2D eigenvalue weighted by Gasteiger charge is -2.08. The number of anilines is 1. The minimum atomic E-state index is -0.376. The van der Waals surface area contributed by atoms with E-state index in [0.29, 0.717) is 16.5 Å². The van der Waals surface area contributed by atoms with E-state index in [1.165, 1.54) is 0 Å². The van der Waals surface area contributed by atoms with Crippen molar-refractivity contribution in [2.75, 3.05) is 18.5 Å². The molecule has 120 valence electrons. The van der Waals surface area contributed by atoms with Gasteiger partial charge < -0.3 is 15.4 Å². The molecule has 0 spiro atoms. The van der Waals surface area contributed by atoms with Crippen molar-refractivity contribution in [2.45, 2.75) is 6.92 Å². The zero-order valence-corrected chi connectivity index (χ0v) is 13.4. The lowest BCUT2D eigenvalue weighted by molar-refractivity contribution is -0.125. The number of nitrogens with one attached hydrogen (secondary N) is 2. The maximum Gasteiger partial charge on any atom is 0.258 e. The van der Waals surface area contributed by atoms with Crippen molar-refractivity contribution in [3.63, 3.8) is 0 Å². The third-order valence-corrected chi connectivity index (χ3v) is 3.22. The minimum absolute atomic E-state index is 0.114. The van der Waals surface area contributed by atoms with Crippen molar-refractivity contribution in [3.8, 4) is 5.75 Å². The Morgan fingerprint density at radius 2 is 1.65 bits per heavy atom. The highest BCUT2D eigenvalue weighted by Gasteiger charge is 2.07. The Kier molecular flexibility index (Phi) is 6.00. The molecule has 2 aromatic carbocycles. The molecular weight excluding hydrogens is 316 g/mol. The number of carbonyl (C=O) groups excluding carboxylic acids is 2. The van der Waals surface area contributed by atoms with Gasteiger partial charge in [-0.05, 0) is 43.3 Å². The molecule has 0 bridgehead atoms. The van der Waals surface area contributed by atoms with Gasteiger partial charge in [0.25, 0.3) is 5.91 Å². The SMILES string of the molecule is Cc1ccc(NC(=O)CNC(=O)COc2ccc(Cl)cc2)cc1. The summed E-state index contributed by atoms with van der Waals surface area (Å²) >= 11 is 5.75. The van der Waals surface area contributed by atoms with Crippen molar-refractivity contribution in [2.24, 2.45) is 0 Å². The maximum atomic E-state index is 11.7. The minimum Gasteiger partial charge on any atom is -0.484 e. The third-order valence-electron chi connectivity index (χ3n) is 2.97. The van der Waals surface area contributed by atoms with E-state index in [0.717, 1.165) is 5.56 Å². The predicted molar refractivity (Wildman–Crippen MR) is 89.8 cm³/mol. The summed E-state index contributed by atoms with van der Waals surface area (Å²) in [6, 6.07) is 14.1. The number of carbonyl (C=O) groups is 2. The molecule has 0 radical (unpaired) electrons. The average molecular weight is 333 g/mol. The molecule has 2 rings (SSSR count). The van der Waals surface area contributed by atoms with Gasteiger partial charge in [-0.15, -0.1) is 0 Å². The summed E-state index contributed by atoms with van der Waals surface area (Å²) < 4.78 is 5.28. The Bertz CT molecular complexity index is 669. The Hall–Kier alpha value is -2.53. The summed E-state index contributed by atoms with van der Waals surface area (Å²) in [5.74, 6) is -0.138. The van der Waals surface area contributed by atoms with Gasteiger partial charge in [0, 0.05) is 10.7 Å². The second-order valence-corrected chi connectivity index (χ2v) is 5.37. The first kappa shape index (κ1) is 16.8. The second kappa shape index (κ2) is 8.19. The van der Waals surface area contributed by atoms with Crippen LogP contribution in [-0.4, -0.2) is 25.0 Å². The van der Waals surface area contributed by atoms with Crippen LogP contribution in [0, 0.1) is 6.92 Å². The van der Waals surface area contributed by atoms with E-state index < -0.39 is 0 Å². The van der Waals surface area contributed by atoms with Crippen molar-refractivity contribution < 1.29 is 14.3 Å². The molecule has 0 aliphatic heterocycles. The standard InChI is InChI=1S/C17H17ClN2O3/c1-12-2-6-14(7-3-12)20-16(21)10-19-17(22)11-23-15-8-4-13(18)5-9-15/h2-9H,10-11H2,1H3,(H,19,22)(H,20,21). The zero-order valence-electron chi connectivity index (χ0n) is 12.6. The van der Waals surface area contributed by atoms with E-state index in [1.807, 2.05) is 19.1 Å². The summed E-state index contributed by atoms with van der Waals surface area (Å²) in [4.78, 5) is 23.4. The number of aryl methyl sites for hydroxylation is 1. The van der Waals surface area contributed by atoms with Gasteiger partial charge in [0.05, 0.1) is 6.54 Å². The lowest BCUT2D eigenvalue weighted by Crippen LogP contribution is -2.35. The first-order valence-corrected chi connectivity index (χ1v) is 7.42. The summed E-state index contributed by atoms with van der Waals surface area (Å²) in [7, 11) is 0. The fourth-order valence-electron chi connectivity index (χ4n) is 1.75. The van der Waals surface area contributed by atoms with Crippen LogP contribution in [0.3, 0.4) is 0 Å². The molecule has 0 unspecified atom stereocenters. The van der Waals surface area contributed by atoms with Gasteiger partial charge in [-0.2, -0.15) is 0 Å². The highest BCUT2D eigenvalue weighted by molar-refractivity contribution is 6.30. The molecule has 0 saturated carbocycles. The number of hydrogen-bond acceptors (Lipinski definition) is 3. The smallest absolute Gasteiger partial charge is 0.258 e. The second-order valence-electron chi connectivity index (χ2n) is 4.93. The van der Waals surface area contributed by atoms with E-state index in [9.17, 15) is 9.59 Å². The normalized spacial score (nSPS) is 10.0. The molecule has 0 saturated heterocycles. The molecule has 0 fully saturated rings. The zero-order chi connectivity index (χ0) is 16.7. The fraction of sp³-hybridized carbons (Fsp3) is 0.176. The molecule has 23 heavy (non-hydrogen) atoms. The summed E-state index contributed by atoms with van der Waals surface area (Å²) in [6.45, 7) is 1.68. The maximum absolute atomic E-state index is 11.7. The molecule has 2 N–H and O–H groups in total. The van der Waals surface area contributed by atoms with Gasteiger partial charge in [-0.25, -0.2) is 0 Å². The van der Waals surface area contributed by atoms with Crippen LogP contribution >= 0.6 is 11.6 Å². The molecule has 0 aliphatic carbocycles. The van der Waals surface area contributed by atoms with Crippen LogP contribution in [0.15, 0.2) is 48.5 Å². The van der Waals surface area contributed by atoms with Crippen LogP contribution < -0.4 is 15.4 Å². The number of ether oxygens (including phenoxy) is 1.